The number of likely N-dealkylation sites (tertiary alicyclic amines) is 1. The fraction of sp³-hybridized carbons (Fsp3) is 0.375. The standard InChI is InChI=1S/C24H22F5N3O3S2/c25-16-3-1-14(2-4-16)20-11-15(24(27,28)29)5-8-32(20)19-6-9-35-21-13-22(18(26)12-17(19)21)37(33,34)31-23-30-7-10-36-23/h1-4,7,10,12-13,15,19-20H,5-6,8-9,11H2,(H,30,31)/t15?,19-,20+/m0/s1. The first-order chi connectivity index (χ1) is 17.5. The van der Waals surface area contributed by atoms with Crippen LogP contribution < -0.4 is 9.46 Å². The zero-order chi connectivity index (χ0) is 26.4. The van der Waals surface area contributed by atoms with Crippen LogP contribution in [-0.4, -0.2) is 37.6 Å². The third-order valence-electron chi connectivity index (χ3n) is 6.78. The first-order valence-electron chi connectivity index (χ1n) is 11.5. The molecule has 1 unspecified atom stereocenters. The number of fused-ring (bicyclic) bond motifs is 1. The third kappa shape index (κ3) is 5.30. The van der Waals surface area contributed by atoms with E-state index in [0.717, 1.165) is 23.5 Å². The zero-order valence-electron chi connectivity index (χ0n) is 19.2. The SMILES string of the molecule is O=S(=O)(Nc1nccs1)c1cc2c(cc1F)[C@@H](N1CCC(C(F)(F)F)C[C@@H]1c1ccc(F)cc1)CCO2. The number of rotatable bonds is 5. The maximum atomic E-state index is 15.2. The molecule has 3 heterocycles. The fourth-order valence-corrected chi connectivity index (χ4v) is 6.90. The van der Waals surface area contributed by atoms with Crippen molar-refractivity contribution in [1.82, 2.24) is 9.88 Å². The summed E-state index contributed by atoms with van der Waals surface area (Å²) in [5, 5.41) is 1.64. The molecule has 0 amide bonds. The Hall–Kier alpha value is -2.77. The van der Waals surface area contributed by atoms with Gasteiger partial charge in [0.05, 0.1) is 12.5 Å². The molecule has 2 aliphatic rings. The number of halogens is 5. The summed E-state index contributed by atoms with van der Waals surface area (Å²) in [5.74, 6) is -2.90. The van der Waals surface area contributed by atoms with E-state index in [1.165, 1.54) is 30.5 Å². The molecule has 13 heteroatoms. The Morgan fingerprint density at radius 1 is 1.08 bits per heavy atom. The van der Waals surface area contributed by atoms with Crippen molar-refractivity contribution in [2.24, 2.45) is 5.92 Å². The minimum Gasteiger partial charge on any atom is -0.493 e. The van der Waals surface area contributed by atoms with Crippen molar-refractivity contribution in [2.75, 3.05) is 17.9 Å². The van der Waals surface area contributed by atoms with Gasteiger partial charge in [-0.25, -0.2) is 22.2 Å². The van der Waals surface area contributed by atoms with Gasteiger partial charge in [0.15, 0.2) is 5.13 Å². The molecular weight excluding hydrogens is 537 g/mol. The lowest BCUT2D eigenvalue weighted by atomic mass is 9.84. The van der Waals surface area contributed by atoms with Gasteiger partial charge >= 0.3 is 6.18 Å². The summed E-state index contributed by atoms with van der Waals surface area (Å²) in [6, 6.07) is 6.29. The van der Waals surface area contributed by atoms with Crippen molar-refractivity contribution in [3.63, 3.8) is 0 Å². The summed E-state index contributed by atoms with van der Waals surface area (Å²) in [4.78, 5) is 5.09. The van der Waals surface area contributed by atoms with Crippen LogP contribution in [0.2, 0.25) is 0 Å². The highest BCUT2D eigenvalue weighted by Crippen LogP contribution is 2.48. The Morgan fingerprint density at radius 3 is 2.51 bits per heavy atom. The summed E-state index contributed by atoms with van der Waals surface area (Å²) in [7, 11) is -4.30. The quantitative estimate of drug-likeness (QED) is 0.385. The molecule has 2 aliphatic heterocycles. The number of aromatic nitrogens is 1. The lowest BCUT2D eigenvalue weighted by Gasteiger charge is -2.46. The molecule has 1 N–H and O–H groups in total. The molecule has 3 atom stereocenters. The maximum absolute atomic E-state index is 15.2. The second-order valence-corrected chi connectivity index (χ2v) is 11.5. The van der Waals surface area contributed by atoms with Crippen LogP contribution in [0.5, 0.6) is 5.75 Å². The Balaban J connectivity index is 1.50. The number of thiazole rings is 1. The summed E-state index contributed by atoms with van der Waals surface area (Å²) < 4.78 is 103. The molecule has 0 spiro atoms. The number of ether oxygens (including phenoxy) is 1. The van der Waals surface area contributed by atoms with Crippen LogP contribution in [0, 0.1) is 17.6 Å². The molecule has 5 rings (SSSR count). The van der Waals surface area contributed by atoms with Gasteiger partial charge in [-0.15, -0.1) is 11.3 Å². The molecule has 0 saturated carbocycles. The van der Waals surface area contributed by atoms with Crippen molar-refractivity contribution in [3.8, 4) is 5.75 Å². The minimum absolute atomic E-state index is 0.0730. The van der Waals surface area contributed by atoms with Gasteiger partial charge in [0, 0.05) is 41.7 Å². The van der Waals surface area contributed by atoms with Gasteiger partial charge in [0.25, 0.3) is 10.0 Å². The average Bonchev–Trinajstić information content (AvgIpc) is 3.35. The summed E-state index contributed by atoms with van der Waals surface area (Å²) in [5.41, 5.74) is 0.880. The van der Waals surface area contributed by atoms with Crippen molar-refractivity contribution < 1.29 is 35.1 Å². The largest absolute Gasteiger partial charge is 0.493 e. The van der Waals surface area contributed by atoms with E-state index in [1.54, 1.807) is 5.38 Å². The molecule has 6 nitrogen and oxygen atoms in total. The van der Waals surface area contributed by atoms with E-state index in [9.17, 15) is 26.0 Å². The molecule has 0 aliphatic carbocycles. The number of anilines is 1. The van der Waals surface area contributed by atoms with Crippen LogP contribution in [0.15, 0.2) is 52.9 Å². The molecule has 1 aromatic heterocycles. The molecular formula is C24H22F5N3O3S2. The van der Waals surface area contributed by atoms with E-state index >= 15 is 4.39 Å². The van der Waals surface area contributed by atoms with E-state index < -0.39 is 50.7 Å². The Kier molecular flexibility index (Phi) is 6.88. The zero-order valence-corrected chi connectivity index (χ0v) is 20.8. The molecule has 0 bridgehead atoms. The monoisotopic (exact) mass is 559 g/mol. The number of hydrogen-bond donors (Lipinski definition) is 1. The smallest absolute Gasteiger partial charge is 0.391 e. The number of sulfonamides is 1. The normalized spacial score (nSPS) is 22.8. The molecule has 2 aromatic carbocycles. The Morgan fingerprint density at radius 2 is 1.84 bits per heavy atom. The van der Waals surface area contributed by atoms with Gasteiger partial charge in [0.1, 0.15) is 22.3 Å². The van der Waals surface area contributed by atoms with Gasteiger partial charge in [-0.3, -0.25) is 9.62 Å². The van der Waals surface area contributed by atoms with Gasteiger partial charge in [0.2, 0.25) is 0 Å². The third-order valence-corrected chi connectivity index (χ3v) is 8.95. The van der Waals surface area contributed by atoms with E-state index in [0.29, 0.717) is 17.5 Å². The highest BCUT2D eigenvalue weighted by atomic mass is 32.2. The lowest BCUT2D eigenvalue weighted by molar-refractivity contribution is -0.192. The van der Waals surface area contributed by atoms with Crippen LogP contribution in [-0.2, 0) is 10.0 Å². The number of hydrogen-bond acceptors (Lipinski definition) is 6. The second-order valence-electron chi connectivity index (χ2n) is 8.98. The van der Waals surface area contributed by atoms with Crippen molar-refractivity contribution in [2.45, 2.75) is 42.4 Å². The first kappa shape index (κ1) is 25.9. The number of nitrogens with one attached hydrogen (secondary N) is 1. The lowest BCUT2D eigenvalue weighted by Crippen LogP contribution is -2.44. The Bertz CT molecular complexity index is 1370. The molecule has 1 saturated heterocycles. The van der Waals surface area contributed by atoms with Crippen LogP contribution in [0.25, 0.3) is 0 Å². The predicted molar refractivity (Wildman–Crippen MR) is 127 cm³/mol. The van der Waals surface area contributed by atoms with Crippen molar-refractivity contribution >= 4 is 26.5 Å². The number of benzene rings is 2. The molecule has 1 fully saturated rings. The van der Waals surface area contributed by atoms with Crippen LogP contribution >= 0.6 is 11.3 Å². The van der Waals surface area contributed by atoms with E-state index in [-0.39, 0.29) is 36.9 Å². The van der Waals surface area contributed by atoms with Crippen LogP contribution in [0.4, 0.5) is 27.1 Å². The summed E-state index contributed by atoms with van der Waals surface area (Å²) >= 11 is 1.03. The average molecular weight is 560 g/mol. The maximum Gasteiger partial charge on any atom is 0.391 e. The molecule has 198 valence electrons. The predicted octanol–water partition coefficient (Wildman–Crippen LogP) is 6.06. The number of alkyl halides is 3. The molecule has 0 radical (unpaired) electrons. The van der Waals surface area contributed by atoms with Crippen molar-refractivity contribution in [1.29, 1.82) is 0 Å². The second kappa shape index (κ2) is 9.84. The fourth-order valence-electron chi connectivity index (χ4n) is 5.03. The van der Waals surface area contributed by atoms with E-state index in [4.69, 9.17) is 4.74 Å². The van der Waals surface area contributed by atoms with Crippen LogP contribution in [0.1, 0.15) is 42.5 Å². The van der Waals surface area contributed by atoms with E-state index in [2.05, 4.69) is 9.71 Å². The number of piperidine rings is 1. The summed E-state index contributed by atoms with van der Waals surface area (Å²) in [6.07, 6.45) is -2.98. The molecule has 3 aromatic rings. The van der Waals surface area contributed by atoms with Crippen LogP contribution in [0.3, 0.4) is 0 Å². The number of nitrogens with zero attached hydrogens (tertiary/aromatic N) is 2. The molecule has 37 heavy (non-hydrogen) atoms. The summed E-state index contributed by atoms with van der Waals surface area (Å²) in [6.45, 7) is 0.238. The highest BCUT2D eigenvalue weighted by Gasteiger charge is 2.46. The topological polar surface area (TPSA) is 71.5 Å². The van der Waals surface area contributed by atoms with Gasteiger partial charge in [-0.2, -0.15) is 13.2 Å². The van der Waals surface area contributed by atoms with Gasteiger partial charge in [-0.05, 0) is 43.1 Å². The first-order valence-corrected chi connectivity index (χ1v) is 13.9. The van der Waals surface area contributed by atoms with Crippen molar-refractivity contribution in [3.05, 3.63) is 70.7 Å². The van der Waals surface area contributed by atoms with Gasteiger partial charge < -0.3 is 4.74 Å². The minimum atomic E-state index is -4.38. The van der Waals surface area contributed by atoms with E-state index in [1.807, 2.05) is 4.90 Å². The van der Waals surface area contributed by atoms with Gasteiger partial charge in [-0.1, -0.05) is 12.1 Å². The highest BCUT2D eigenvalue weighted by molar-refractivity contribution is 7.93. The Labute approximate surface area is 214 Å².